The fourth-order valence-electron chi connectivity index (χ4n) is 2.78. The summed E-state index contributed by atoms with van der Waals surface area (Å²) < 4.78 is 38.5. The summed E-state index contributed by atoms with van der Waals surface area (Å²) in [7, 11) is 0. The van der Waals surface area contributed by atoms with Crippen molar-refractivity contribution in [3.8, 4) is 0 Å². The van der Waals surface area contributed by atoms with Crippen LogP contribution >= 0.6 is 0 Å². The number of halogens is 3. The Labute approximate surface area is 121 Å². The van der Waals surface area contributed by atoms with Gasteiger partial charge in [-0.25, -0.2) is 0 Å². The molecule has 116 valence electrons. The van der Waals surface area contributed by atoms with Crippen LogP contribution in [0.15, 0.2) is 18.2 Å². The van der Waals surface area contributed by atoms with Crippen molar-refractivity contribution in [1.29, 1.82) is 0 Å². The number of carbonyl (C=O) groups is 1. The average molecular weight is 300 g/mol. The fourth-order valence-corrected chi connectivity index (χ4v) is 2.78. The van der Waals surface area contributed by atoms with Crippen LogP contribution in [0.3, 0.4) is 0 Å². The van der Waals surface area contributed by atoms with Gasteiger partial charge in [-0.3, -0.25) is 4.79 Å². The van der Waals surface area contributed by atoms with E-state index in [1.165, 1.54) is 6.07 Å². The van der Waals surface area contributed by atoms with E-state index in [1.54, 1.807) is 4.90 Å². The minimum atomic E-state index is -4.55. The number of nitrogen functional groups attached to an aromatic ring is 1. The fraction of sp³-hybridized carbons (Fsp3) is 0.533. The second-order valence-electron chi connectivity index (χ2n) is 5.49. The van der Waals surface area contributed by atoms with Crippen LogP contribution in [0.1, 0.15) is 42.1 Å². The molecule has 0 aliphatic carbocycles. The zero-order chi connectivity index (χ0) is 15.6. The molecule has 1 aliphatic heterocycles. The zero-order valence-electron chi connectivity index (χ0n) is 11.9. The van der Waals surface area contributed by atoms with Gasteiger partial charge >= 0.3 is 6.18 Å². The average Bonchev–Trinajstić information content (AvgIpc) is 2.86. The highest BCUT2D eigenvalue weighted by atomic mass is 19.4. The van der Waals surface area contributed by atoms with E-state index >= 15 is 0 Å². The van der Waals surface area contributed by atoms with E-state index in [0.29, 0.717) is 19.0 Å². The molecule has 1 heterocycles. The number of hydrogen-bond donors (Lipinski definition) is 1. The first-order valence-corrected chi connectivity index (χ1v) is 7.09. The number of alkyl halides is 3. The maximum Gasteiger partial charge on any atom is 0.418 e. The summed E-state index contributed by atoms with van der Waals surface area (Å²) >= 11 is 0. The van der Waals surface area contributed by atoms with Crippen molar-refractivity contribution >= 4 is 11.6 Å². The molecule has 1 atom stereocenters. The summed E-state index contributed by atoms with van der Waals surface area (Å²) in [4.78, 5) is 13.9. The third-order valence-corrected chi connectivity index (χ3v) is 3.88. The molecule has 21 heavy (non-hydrogen) atoms. The summed E-state index contributed by atoms with van der Waals surface area (Å²) in [5.41, 5.74) is 4.09. The third kappa shape index (κ3) is 3.49. The molecule has 1 unspecified atom stereocenters. The highest BCUT2D eigenvalue weighted by Crippen LogP contribution is 2.34. The SMILES string of the molecule is CCCC1CCN(C(=O)c2ccc(N)c(C(F)(F)F)c2)C1. The summed E-state index contributed by atoms with van der Waals surface area (Å²) in [6, 6.07) is 3.36. The van der Waals surface area contributed by atoms with Crippen molar-refractivity contribution < 1.29 is 18.0 Å². The standard InChI is InChI=1S/C15H19F3N2O/c1-2-3-10-6-7-20(9-10)14(21)11-4-5-13(19)12(8-11)15(16,17)18/h4-5,8,10H,2-3,6-7,9,19H2,1H3. The van der Waals surface area contributed by atoms with Crippen molar-refractivity contribution in [1.82, 2.24) is 4.90 Å². The second-order valence-corrected chi connectivity index (χ2v) is 5.49. The number of hydrogen-bond acceptors (Lipinski definition) is 2. The van der Waals surface area contributed by atoms with Crippen LogP contribution in [-0.4, -0.2) is 23.9 Å². The zero-order valence-corrected chi connectivity index (χ0v) is 11.9. The first-order chi connectivity index (χ1) is 9.82. The lowest BCUT2D eigenvalue weighted by Crippen LogP contribution is -2.29. The smallest absolute Gasteiger partial charge is 0.398 e. The van der Waals surface area contributed by atoms with Crippen LogP contribution in [0, 0.1) is 5.92 Å². The highest BCUT2D eigenvalue weighted by Gasteiger charge is 2.34. The van der Waals surface area contributed by atoms with E-state index in [4.69, 9.17) is 5.73 Å². The molecule has 0 aromatic heterocycles. The molecule has 2 N–H and O–H groups in total. The number of nitrogens with two attached hydrogens (primary N) is 1. The van der Waals surface area contributed by atoms with Crippen LogP contribution in [0.4, 0.5) is 18.9 Å². The van der Waals surface area contributed by atoms with Gasteiger partial charge in [-0.1, -0.05) is 13.3 Å². The van der Waals surface area contributed by atoms with E-state index in [2.05, 4.69) is 6.92 Å². The Hall–Kier alpha value is -1.72. The monoisotopic (exact) mass is 300 g/mol. The number of nitrogens with zero attached hydrogens (tertiary/aromatic N) is 1. The number of amides is 1. The Morgan fingerprint density at radius 2 is 2.14 bits per heavy atom. The van der Waals surface area contributed by atoms with Crippen molar-refractivity contribution in [2.75, 3.05) is 18.8 Å². The van der Waals surface area contributed by atoms with Crippen LogP contribution in [-0.2, 0) is 6.18 Å². The van der Waals surface area contributed by atoms with Crippen LogP contribution in [0.25, 0.3) is 0 Å². The van der Waals surface area contributed by atoms with Gasteiger partial charge in [0, 0.05) is 24.3 Å². The maximum absolute atomic E-state index is 12.8. The third-order valence-electron chi connectivity index (χ3n) is 3.88. The first kappa shape index (κ1) is 15.7. The number of anilines is 1. The van der Waals surface area contributed by atoms with Gasteiger partial charge in [-0.2, -0.15) is 13.2 Å². The molecule has 1 aliphatic rings. The summed E-state index contributed by atoms with van der Waals surface area (Å²) in [6.45, 7) is 3.31. The molecule has 1 fully saturated rings. The molecule has 1 aromatic carbocycles. The molecular formula is C15H19F3N2O. The summed E-state index contributed by atoms with van der Waals surface area (Å²) in [5.74, 6) is 0.105. The normalized spacial score (nSPS) is 19.0. The van der Waals surface area contributed by atoms with Crippen molar-refractivity contribution in [3.05, 3.63) is 29.3 Å². The number of rotatable bonds is 3. The van der Waals surface area contributed by atoms with E-state index < -0.39 is 11.7 Å². The van der Waals surface area contributed by atoms with Gasteiger partial charge in [0.1, 0.15) is 0 Å². The van der Waals surface area contributed by atoms with E-state index in [1.807, 2.05) is 0 Å². The lowest BCUT2D eigenvalue weighted by Gasteiger charge is -2.18. The van der Waals surface area contributed by atoms with Gasteiger partial charge < -0.3 is 10.6 Å². The Morgan fingerprint density at radius 1 is 1.43 bits per heavy atom. The van der Waals surface area contributed by atoms with Crippen molar-refractivity contribution in [3.63, 3.8) is 0 Å². The van der Waals surface area contributed by atoms with Crippen molar-refractivity contribution in [2.24, 2.45) is 5.92 Å². The van der Waals surface area contributed by atoms with Crippen LogP contribution in [0.5, 0.6) is 0 Å². The predicted octanol–water partition coefficient (Wildman–Crippen LogP) is 3.55. The van der Waals surface area contributed by atoms with Gasteiger partial charge in [0.25, 0.3) is 5.91 Å². The topological polar surface area (TPSA) is 46.3 Å². The lowest BCUT2D eigenvalue weighted by atomic mass is 10.0. The van der Waals surface area contributed by atoms with Gasteiger partial charge in [0.05, 0.1) is 5.56 Å². The van der Waals surface area contributed by atoms with E-state index in [0.717, 1.165) is 31.4 Å². The summed E-state index contributed by atoms with van der Waals surface area (Å²) in [5, 5.41) is 0. The van der Waals surface area contributed by atoms with Gasteiger partial charge in [0.2, 0.25) is 0 Å². The minimum Gasteiger partial charge on any atom is -0.398 e. The quantitative estimate of drug-likeness (QED) is 0.868. The lowest BCUT2D eigenvalue weighted by molar-refractivity contribution is -0.136. The maximum atomic E-state index is 12.8. The van der Waals surface area contributed by atoms with E-state index in [9.17, 15) is 18.0 Å². The molecule has 0 radical (unpaired) electrons. The minimum absolute atomic E-state index is 0.0497. The Balaban J connectivity index is 2.17. The highest BCUT2D eigenvalue weighted by molar-refractivity contribution is 5.95. The Morgan fingerprint density at radius 3 is 2.76 bits per heavy atom. The van der Waals surface area contributed by atoms with Gasteiger partial charge in [0.15, 0.2) is 0 Å². The molecule has 2 rings (SSSR count). The summed E-state index contributed by atoms with van der Waals surface area (Å²) in [6.07, 6.45) is -1.54. The molecule has 3 nitrogen and oxygen atoms in total. The van der Waals surface area contributed by atoms with Crippen molar-refractivity contribution in [2.45, 2.75) is 32.4 Å². The van der Waals surface area contributed by atoms with Crippen LogP contribution in [0.2, 0.25) is 0 Å². The Kier molecular flexibility index (Phi) is 4.44. The predicted molar refractivity (Wildman–Crippen MR) is 74.8 cm³/mol. The molecule has 0 spiro atoms. The molecular weight excluding hydrogens is 281 g/mol. The number of likely N-dealkylation sites (tertiary alicyclic amines) is 1. The molecule has 1 aromatic rings. The molecule has 0 saturated carbocycles. The molecule has 1 amide bonds. The molecule has 1 saturated heterocycles. The molecule has 0 bridgehead atoms. The molecule has 6 heteroatoms. The van der Waals surface area contributed by atoms with E-state index in [-0.39, 0.29) is 17.2 Å². The number of benzene rings is 1. The van der Waals surface area contributed by atoms with Crippen LogP contribution < -0.4 is 5.73 Å². The Bertz CT molecular complexity index is 528. The first-order valence-electron chi connectivity index (χ1n) is 7.09. The number of carbonyl (C=O) groups excluding carboxylic acids is 1. The second kappa shape index (κ2) is 5.95. The van der Waals surface area contributed by atoms with Gasteiger partial charge in [-0.15, -0.1) is 0 Å². The van der Waals surface area contributed by atoms with Gasteiger partial charge in [-0.05, 0) is 37.0 Å². The largest absolute Gasteiger partial charge is 0.418 e.